The Morgan fingerprint density at radius 2 is 1.86 bits per heavy atom. The minimum absolute atomic E-state index is 0.00367. The average molecular weight is 379 g/mol. The van der Waals surface area contributed by atoms with E-state index in [9.17, 15) is 18.9 Å². The van der Waals surface area contributed by atoms with E-state index in [-0.39, 0.29) is 21.8 Å². The first-order valence-corrected chi connectivity index (χ1v) is 7.08. The lowest BCUT2D eigenvalue weighted by molar-refractivity contribution is -0.384. The monoisotopic (exact) mass is 377 g/mol. The van der Waals surface area contributed by atoms with Crippen LogP contribution in [-0.4, -0.2) is 4.92 Å². The van der Waals surface area contributed by atoms with Gasteiger partial charge in [-0.05, 0) is 23.8 Å². The van der Waals surface area contributed by atoms with E-state index in [1.165, 1.54) is 6.07 Å². The Morgan fingerprint density at radius 1 is 1.24 bits per heavy atom. The molecule has 21 heavy (non-hydrogen) atoms. The van der Waals surface area contributed by atoms with E-state index < -0.39 is 22.3 Å². The fourth-order valence-corrected chi connectivity index (χ4v) is 2.06. The zero-order chi connectivity index (χ0) is 15.6. The van der Waals surface area contributed by atoms with Crippen LogP contribution in [-0.2, 0) is 5.33 Å². The molecule has 0 aliphatic rings. The molecule has 0 amide bonds. The number of alkyl halides is 1. The van der Waals surface area contributed by atoms with Crippen LogP contribution in [0.4, 0.5) is 14.5 Å². The predicted octanol–water partition coefficient (Wildman–Crippen LogP) is 5.21. The van der Waals surface area contributed by atoms with E-state index in [1.807, 2.05) is 0 Å². The van der Waals surface area contributed by atoms with Crippen molar-refractivity contribution < 1.29 is 18.4 Å². The van der Waals surface area contributed by atoms with Crippen LogP contribution < -0.4 is 4.74 Å². The molecule has 0 bridgehead atoms. The van der Waals surface area contributed by atoms with Crippen molar-refractivity contribution in [3.05, 3.63) is 62.7 Å². The molecule has 0 radical (unpaired) electrons. The smallest absolute Gasteiger partial charge is 0.273 e. The van der Waals surface area contributed by atoms with Gasteiger partial charge in [0, 0.05) is 11.4 Å². The highest BCUT2D eigenvalue weighted by Crippen LogP contribution is 2.35. The number of non-ortho nitro benzene ring substituents is 1. The number of nitro groups is 1. The van der Waals surface area contributed by atoms with Crippen molar-refractivity contribution in [2.75, 3.05) is 0 Å². The third-order valence-corrected chi connectivity index (χ3v) is 3.51. The molecule has 110 valence electrons. The second kappa shape index (κ2) is 6.36. The van der Waals surface area contributed by atoms with Gasteiger partial charge in [-0.1, -0.05) is 27.5 Å². The zero-order valence-corrected chi connectivity index (χ0v) is 12.6. The van der Waals surface area contributed by atoms with E-state index >= 15 is 0 Å². The van der Waals surface area contributed by atoms with E-state index in [0.29, 0.717) is 5.56 Å². The average Bonchev–Trinajstić information content (AvgIpc) is 2.44. The summed E-state index contributed by atoms with van der Waals surface area (Å²) in [7, 11) is 0. The van der Waals surface area contributed by atoms with Crippen LogP contribution in [0.25, 0.3) is 0 Å². The van der Waals surface area contributed by atoms with Gasteiger partial charge < -0.3 is 4.74 Å². The number of ether oxygens (including phenoxy) is 1. The third-order valence-electron chi connectivity index (χ3n) is 2.55. The van der Waals surface area contributed by atoms with Crippen molar-refractivity contribution in [3.8, 4) is 11.5 Å². The molecule has 0 atom stereocenters. The maximum absolute atomic E-state index is 13.8. The Morgan fingerprint density at radius 3 is 2.38 bits per heavy atom. The summed E-state index contributed by atoms with van der Waals surface area (Å²) in [6, 6.07) is 5.57. The summed E-state index contributed by atoms with van der Waals surface area (Å²) in [5.41, 5.74) is 0.0924. The van der Waals surface area contributed by atoms with Crippen LogP contribution in [0.1, 0.15) is 5.56 Å². The topological polar surface area (TPSA) is 52.4 Å². The summed E-state index contributed by atoms with van der Waals surface area (Å²) in [5, 5.41) is 11.0. The van der Waals surface area contributed by atoms with Crippen LogP contribution in [0.15, 0.2) is 30.3 Å². The standard InChI is InChI=1S/C13H7BrClF2NO3/c14-6-7-3-10(16)13(11(17)4-7)21-12-5-8(18(19)20)1-2-9(12)15/h1-5H,6H2. The van der Waals surface area contributed by atoms with Gasteiger partial charge in [0.05, 0.1) is 16.0 Å². The molecule has 2 aromatic rings. The van der Waals surface area contributed by atoms with Gasteiger partial charge in [0.25, 0.3) is 5.69 Å². The van der Waals surface area contributed by atoms with Crippen molar-refractivity contribution in [2.45, 2.75) is 5.33 Å². The SMILES string of the molecule is O=[N+]([O-])c1ccc(Cl)c(Oc2c(F)cc(CBr)cc2F)c1. The second-order valence-corrected chi connectivity index (χ2v) is 4.96. The largest absolute Gasteiger partial charge is 0.449 e. The summed E-state index contributed by atoms with van der Waals surface area (Å²) in [5.74, 6) is -2.71. The fraction of sp³-hybridized carbons (Fsp3) is 0.0769. The lowest BCUT2D eigenvalue weighted by atomic mass is 10.2. The Bertz CT molecular complexity index is 689. The molecule has 0 aliphatic carbocycles. The third kappa shape index (κ3) is 3.48. The van der Waals surface area contributed by atoms with Gasteiger partial charge in [-0.2, -0.15) is 0 Å². The second-order valence-electron chi connectivity index (χ2n) is 4.00. The molecule has 0 unspecified atom stereocenters. The molecule has 0 aliphatic heterocycles. The lowest BCUT2D eigenvalue weighted by Crippen LogP contribution is -1.96. The Balaban J connectivity index is 2.43. The van der Waals surface area contributed by atoms with E-state index in [1.54, 1.807) is 0 Å². The molecule has 0 saturated heterocycles. The molecule has 0 aromatic heterocycles. The Labute approximate surface area is 131 Å². The highest BCUT2D eigenvalue weighted by atomic mass is 79.9. The normalized spacial score (nSPS) is 10.5. The van der Waals surface area contributed by atoms with Crippen molar-refractivity contribution in [2.24, 2.45) is 0 Å². The number of hydrogen-bond donors (Lipinski definition) is 0. The minimum atomic E-state index is -0.924. The van der Waals surface area contributed by atoms with Gasteiger partial charge in [-0.25, -0.2) is 8.78 Å². The number of hydrogen-bond acceptors (Lipinski definition) is 3. The number of benzene rings is 2. The van der Waals surface area contributed by atoms with E-state index in [0.717, 1.165) is 24.3 Å². The molecule has 0 N–H and O–H groups in total. The van der Waals surface area contributed by atoms with Crippen LogP contribution in [0, 0.1) is 21.7 Å². The van der Waals surface area contributed by atoms with Gasteiger partial charge in [0.1, 0.15) is 0 Å². The van der Waals surface area contributed by atoms with Crippen molar-refractivity contribution >= 4 is 33.2 Å². The maximum atomic E-state index is 13.8. The lowest BCUT2D eigenvalue weighted by Gasteiger charge is -2.10. The summed E-state index contributed by atoms with van der Waals surface area (Å²) in [4.78, 5) is 10.0. The van der Waals surface area contributed by atoms with Crippen molar-refractivity contribution in [1.29, 1.82) is 0 Å². The van der Waals surface area contributed by atoms with Gasteiger partial charge in [0.15, 0.2) is 23.1 Å². The summed E-state index contributed by atoms with van der Waals surface area (Å²) in [6.45, 7) is 0. The molecular weight excluding hydrogens is 372 g/mol. The molecular formula is C13H7BrClF2NO3. The highest BCUT2D eigenvalue weighted by molar-refractivity contribution is 9.08. The van der Waals surface area contributed by atoms with Crippen LogP contribution in [0.2, 0.25) is 5.02 Å². The van der Waals surface area contributed by atoms with Gasteiger partial charge in [-0.3, -0.25) is 10.1 Å². The molecule has 4 nitrogen and oxygen atoms in total. The first-order valence-electron chi connectivity index (χ1n) is 5.58. The Kier molecular flexibility index (Phi) is 4.74. The number of nitrogens with zero attached hydrogens (tertiary/aromatic N) is 1. The molecule has 8 heteroatoms. The summed E-state index contributed by atoms with van der Waals surface area (Å²) >= 11 is 8.90. The maximum Gasteiger partial charge on any atom is 0.273 e. The fourth-order valence-electron chi connectivity index (χ4n) is 1.58. The first-order chi connectivity index (χ1) is 9.92. The number of nitro benzene ring substituents is 1. The zero-order valence-electron chi connectivity index (χ0n) is 10.3. The highest BCUT2D eigenvalue weighted by Gasteiger charge is 2.17. The van der Waals surface area contributed by atoms with Crippen LogP contribution >= 0.6 is 27.5 Å². The molecule has 0 fully saturated rings. The minimum Gasteiger partial charge on any atom is -0.449 e. The van der Waals surface area contributed by atoms with E-state index in [4.69, 9.17) is 16.3 Å². The predicted molar refractivity (Wildman–Crippen MR) is 77.2 cm³/mol. The number of halogens is 4. The van der Waals surface area contributed by atoms with Gasteiger partial charge in [0.2, 0.25) is 0 Å². The quantitative estimate of drug-likeness (QED) is 0.417. The molecule has 0 spiro atoms. The summed E-state index contributed by atoms with van der Waals surface area (Å²) < 4.78 is 32.7. The van der Waals surface area contributed by atoms with Crippen LogP contribution in [0.3, 0.4) is 0 Å². The molecule has 2 rings (SSSR count). The number of rotatable bonds is 4. The summed E-state index contributed by atoms with van der Waals surface area (Å²) in [6.07, 6.45) is 0. The van der Waals surface area contributed by atoms with Crippen molar-refractivity contribution in [3.63, 3.8) is 0 Å². The molecule has 0 heterocycles. The van der Waals surface area contributed by atoms with Crippen LogP contribution in [0.5, 0.6) is 11.5 Å². The Hall–Kier alpha value is -1.73. The van der Waals surface area contributed by atoms with Gasteiger partial charge >= 0.3 is 0 Å². The molecule has 2 aromatic carbocycles. The molecule has 0 saturated carbocycles. The first kappa shape index (κ1) is 15.7. The van der Waals surface area contributed by atoms with E-state index in [2.05, 4.69) is 15.9 Å². The van der Waals surface area contributed by atoms with Crippen molar-refractivity contribution in [1.82, 2.24) is 0 Å². The van der Waals surface area contributed by atoms with Gasteiger partial charge in [-0.15, -0.1) is 0 Å².